The molecule has 2 N–H and O–H groups in total. The minimum Gasteiger partial charge on any atom is -0.398 e. The molecular formula is C13H23NSi. The summed E-state index contributed by atoms with van der Waals surface area (Å²) < 4.78 is 0. The van der Waals surface area contributed by atoms with Gasteiger partial charge < -0.3 is 5.73 Å². The lowest BCUT2D eigenvalue weighted by atomic mass is 10.0. The Morgan fingerprint density at radius 2 is 1.87 bits per heavy atom. The van der Waals surface area contributed by atoms with Crippen LogP contribution in [0.1, 0.15) is 25.3 Å². The van der Waals surface area contributed by atoms with Gasteiger partial charge in [0, 0.05) is 13.8 Å². The molecule has 0 spiro atoms. The summed E-state index contributed by atoms with van der Waals surface area (Å²) in [6, 6.07) is 10.9. The van der Waals surface area contributed by atoms with Gasteiger partial charge in [-0.05, 0) is 17.5 Å². The van der Waals surface area contributed by atoms with Crippen LogP contribution in [0.5, 0.6) is 0 Å². The molecule has 0 aromatic heterocycles. The molecule has 0 amide bonds. The molecule has 0 aliphatic rings. The minimum absolute atomic E-state index is 0.604. The van der Waals surface area contributed by atoms with Gasteiger partial charge in [0.25, 0.3) is 0 Å². The molecule has 0 fully saturated rings. The zero-order chi connectivity index (χ0) is 11.5. The molecule has 1 nitrogen and oxygen atoms in total. The average Bonchev–Trinajstić information content (AvgIpc) is 2.17. The van der Waals surface area contributed by atoms with E-state index in [9.17, 15) is 0 Å². The molecule has 0 heterocycles. The maximum Gasteiger partial charge on any atom is 0.0476 e. The number of benzene rings is 1. The molecule has 1 aromatic carbocycles. The topological polar surface area (TPSA) is 26.0 Å². The fourth-order valence-electron chi connectivity index (χ4n) is 2.04. The number of nitrogen functional groups attached to an aromatic ring is 1. The Hall–Kier alpha value is -0.763. The van der Waals surface area contributed by atoms with E-state index < -0.39 is 8.07 Å². The van der Waals surface area contributed by atoms with Gasteiger partial charge >= 0.3 is 0 Å². The Kier molecular flexibility index (Phi) is 3.97. The van der Waals surface area contributed by atoms with Crippen LogP contribution in [0.15, 0.2) is 24.3 Å². The number of anilines is 1. The fourth-order valence-corrected chi connectivity index (χ4v) is 4.21. The highest BCUT2D eigenvalue weighted by molar-refractivity contribution is 6.77. The normalized spacial score (nSPS) is 13.9. The molecule has 1 aromatic rings. The highest BCUT2D eigenvalue weighted by atomic mass is 28.3. The Morgan fingerprint density at radius 1 is 1.27 bits per heavy atom. The summed E-state index contributed by atoms with van der Waals surface area (Å²) in [5, 5.41) is 0. The molecular weight excluding hydrogens is 198 g/mol. The predicted molar refractivity (Wildman–Crippen MR) is 72.0 cm³/mol. The second-order valence-corrected chi connectivity index (χ2v) is 10.7. The first-order valence-electron chi connectivity index (χ1n) is 5.80. The molecule has 1 unspecified atom stereocenters. The van der Waals surface area contributed by atoms with Crippen LogP contribution >= 0.6 is 0 Å². The van der Waals surface area contributed by atoms with Crippen molar-refractivity contribution in [2.45, 2.75) is 44.9 Å². The van der Waals surface area contributed by atoms with E-state index in [4.69, 9.17) is 5.73 Å². The third kappa shape index (κ3) is 3.38. The summed E-state index contributed by atoms with van der Waals surface area (Å²) in [7, 11) is -1.00. The number of nitrogens with two attached hydrogens (primary N) is 1. The summed E-state index contributed by atoms with van der Waals surface area (Å²) in [6.07, 6.45) is 0. The molecule has 1 rings (SSSR count). The predicted octanol–water partition coefficient (Wildman–Crippen LogP) is 4.10. The minimum atomic E-state index is -1.00. The van der Waals surface area contributed by atoms with Gasteiger partial charge in [-0.15, -0.1) is 0 Å². The van der Waals surface area contributed by atoms with Crippen LogP contribution < -0.4 is 5.73 Å². The van der Waals surface area contributed by atoms with Crippen LogP contribution in [-0.4, -0.2) is 8.07 Å². The SMILES string of the molecule is CC[Si](C)(C)CC(C)c1ccccc1N. The largest absolute Gasteiger partial charge is 0.398 e. The van der Waals surface area contributed by atoms with E-state index in [1.54, 1.807) is 0 Å². The van der Waals surface area contributed by atoms with Crippen molar-refractivity contribution in [3.63, 3.8) is 0 Å². The van der Waals surface area contributed by atoms with Gasteiger partial charge in [-0.3, -0.25) is 0 Å². The summed E-state index contributed by atoms with van der Waals surface area (Å²) >= 11 is 0. The van der Waals surface area contributed by atoms with Crippen molar-refractivity contribution in [3.8, 4) is 0 Å². The molecule has 0 saturated carbocycles. The maximum absolute atomic E-state index is 6.00. The molecule has 84 valence electrons. The average molecular weight is 221 g/mol. The van der Waals surface area contributed by atoms with Crippen molar-refractivity contribution in [2.24, 2.45) is 0 Å². The van der Waals surface area contributed by atoms with Gasteiger partial charge in [0.05, 0.1) is 0 Å². The van der Waals surface area contributed by atoms with Gasteiger partial charge in [-0.2, -0.15) is 0 Å². The lowest BCUT2D eigenvalue weighted by Gasteiger charge is -2.25. The summed E-state index contributed by atoms with van der Waals surface area (Å²) in [4.78, 5) is 0. The molecule has 15 heavy (non-hydrogen) atoms. The van der Waals surface area contributed by atoms with E-state index in [0.717, 1.165) is 5.69 Å². The van der Waals surface area contributed by atoms with Crippen molar-refractivity contribution < 1.29 is 0 Å². The molecule has 0 aliphatic heterocycles. The van der Waals surface area contributed by atoms with Crippen LogP contribution in [0.4, 0.5) is 5.69 Å². The van der Waals surface area contributed by atoms with E-state index in [0.29, 0.717) is 5.92 Å². The standard InChI is InChI=1S/C13H23NSi/c1-5-15(3,4)10-11(2)12-8-6-7-9-13(12)14/h6-9,11H,5,10,14H2,1-4H3. The third-order valence-corrected chi connectivity index (χ3v) is 6.97. The Balaban J connectivity index is 2.78. The first-order chi connectivity index (χ1) is 6.96. The molecule has 0 radical (unpaired) electrons. The summed E-state index contributed by atoms with van der Waals surface area (Å²) in [5.74, 6) is 0.604. The van der Waals surface area contributed by atoms with E-state index >= 15 is 0 Å². The van der Waals surface area contributed by atoms with Crippen molar-refractivity contribution in [1.29, 1.82) is 0 Å². The lowest BCUT2D eigenvalue weighted by Crippen LogP contribution is -2.25. The molecule has 0 aliphatic carbocycles. The smallest absolute Gasteiger partial charge is 0.0476 e. The lowest BCUT2D eigenvalue weighted by molar-refractivity contribution is 0.843. The zero-order valence-corrected chi connectivity index (χ0v) is 11.4. The summed E-state index contributed by atoms with van der Waals surface area (Å²) in [5.41, 5.74) is 8.27. The monoisotopic (exact) mass is 221 g/mol. The quantitative estimate of drug-likeness (QED) is 0.601. The van der Waals surface area contributed by atoms with E-state index in [1.807, 2.05) is 12.1 Å². The first-order valence-corrected chi connectivity index (χ1v) is 9.22. The Labute approximate surface area is 94.7 Å². The van der Waals surface area contributed by atoms with E-state index in [1.165, 1.54) is 17.7 Å². The van der Waals surface area contributed by atoms with E-state index in [2.05, 4.69) is 39.1 Å². The fraction of sp³-hybridized carbons (Fsp3) is 0.538. The van der Waals surface area contributed by atoms with Crippen molar-refractivity contribution in [3.05, 3.63) is 29.8 Å². The number of hydrogen-bond donors (Lipinski definition) is 1. The summed E-state index contributed by atoms with van der Waals surface area (Å²) in [6.45, 7) is 9.54. The molecule has 1 atom stereocenters. The van der Waals surface area contributed by atoms with Crippen molar-refractivity contribution >= 4 is 13.8 Å². The highest BCUT2D eigenvalue weighted by Gasteiger charge is 2.22. The highest BCUT2D eigenvalue weighted by Crippen LogP contribution is 2.31. The van der Waals surface area contributed by atoms with Crippen LogP contribution in [0.3, 0.4) is 0 Å². The van der Waals surface area contributed by atoms with Gasteiger partial charge in [0.2, 0.25) is 0 Å². The first kappa shape index (κ1) is 12.3. The van der Waals surface area contributed by atoms with Gasteiger partial charge in [-0.25, -0.2) is 0 Å². The number of rotatable bonds is 4. The Bertz CT molecular complexity index is 320. The van der Waals surface area contributed by atoms with Gasteiger partial charge in [-0.1, -0.05) is 57.2 Å². The van der Waals surface area contributed by atoms with Crippen molar-refractivity contribution in [1.82, 2.24) is 0 Å². The maximum atomic E-state index is 6.00. The van der Waals surface area contributed by atoms with E-state index in [-0.39, 0.29) is 0 Å². The zero-order valence-electron chi connectivity index (χ0n) is 10.4. The second-order valence-electron chi connectivity index (χ2n) is 5.25. The molecule has 2 heteroatoms. The van der Waals surface area contributed by atoms with Crippen molar-refractivity contribution in [2.75, 3.05) is 5.73 Å². The number of hydrogen-bond acceptors (Lipinski definition) is 1. The van der Waals surface area contributed by atoms with Crippen LogP contribution in [-0.2, 0) is 0 Å². The second kappa shape index (κ2) is 4.84. The molecule has 0 bridgehead atoms. The van der Waals surface area contributed by atoms with Gasteiger partial charge in [0.15, 0.2) is 0 Å². The van der Waals surface area contributed by atoms with Crippen LogP contribution in [0, 0.1) is 0 Å². The van der Waals surface area contributed by atoms with Crippen LogP contribution in [0.2, 0.25) is 25.2 Å². The Morgan fingerprint density at radius 3 is 2.40 bits per heavy atom. The van der Waals surface area contributed by atoms with Gasteiger partial charge in [0.1, 0.15) is 0 Å². The molecule has 0 saturated heterocycles. The third-order valence-electron chi connectivity index (χ3n) is 3.34. The van der Waals surface area contributed by atoms with Crippen LogP contribution in [0.25, 0.3) is 0 Å². The number of para-hydroxylation sites is 1.